The first-order valence-electron chi connectivity index (χ1n) is 8.12. The molecule has 0 aromatic heterocycles. The molecule has 8 heteroatoms. The summed E-state index contributed by atoms with van der Waals surface area (Å²) in [6, 6.07) is 12.0. The van der Waals surface area contributed by atoms with Gasteiger partial charge in [0.15, 0.2) is 0 Å². The highest BCUT2D eigenvalue weighted by Gasteiger charge is 2.22. The number of aliphatic hydroxyl groups excluding tert-OH is 2. The monoisotopic (exact) mass is 376 g/mol. The normalized spacial score (nSPS) is 12.7. The lowest BCUT2D eigenvalue weighted by atomic mass is 10.00. The van der Waals surface area contributed by atoms with Gasteiger partial charge >= 0.3 is 6.09 Å². The number of alkyl carbamates (subject to hydrolysis) is 1. The van der Waals surface area contributed by atoms with E-state index in [0.717, 1.165) is 17.7 Å². The number of nitrogens with one attached hydrogen (secondary N) is 1. The molecule has 0 heterocycles. The van der Waals surface area contributed by atoms with Gasteiger partial charge in [0.2, 0.25) is 0 Å². The molecule has 0 aliphatic rings. The van der Waals surface area contributed by atoms with Crippen molar-refractivity contribution in [1.29, 1.82) is 5.26 Å². The van der Waals surface area contributed by atoms with Crippen molar-refractivity contribution in [2.45, 2.75) is 25.2 Å². The number of carbonyl (C=O) groups excluding carboxylic acids is 1. The Morgan fingerprint density at radius 1 is 1.19 bits per heavy atom. The quantitative estimate of drug-likeness (QED) is 0.689. The Morgan fingerprint density at radius 2 is 1.81 bits per heavy atom. The summed E-state index contributed by atoms with van der Waals surface area (Å²) in [5, 5.41) is 31.0. The molecule has 6 nitrogen and oxygen atoms in total. The molecular weight excluding hydrogens is 358 g/mol. The molecule has 1 amide bonds. The highest BCUT2D eigenvalue weighted by atomic mass is 19.1. The summed E-state index contributed by atoms with van der Waals surface area (Å²) in [6.45, 7) is 0.0642. The number of amides is 1. The SMILES string of the molecule is N#Cc1c(F)cc(C(O)C(O)CCNC(=O)OCc2ccccc2)cc1F. The summed E-state index contributed by atoms with van der Waals surface area (Å²) < 4.78 is 32.2. The topological polar surface area (TPSA) is 103 Å². The first-order chi connectivity index (χ1) is 12.9. The third-order valence-corrected chi connectivity index (χ3v) is 3.80. The van der Waals surface area contributed by atoms with Gasteiger partial charge in [-0.3, -0.25) is 0 Å². The van der Waals surface area contributed by atoms with E-state index in [4.69, 9.17) is 10.00 Å². The minimum absolute atomic E-state index is 0.0207. The van der Waals surface area contributed by atoms with Crippen LogP contribution in [0.15, 0.2) is 42.5 Å². The molecule has 0 bridgehead atoms. The number of carbonyl (C=O) groups is 1. The van der Waals surface area contributed by atoms with E-state index in [0.29, 0.717) is 0 Å². The number of ether oxygens (including phenoxy) is 1. The van der Waals surface area contributed by atoms with Crippen LogP contribution in [0.4, 0.5) is 13.6 Å². The summed E-state index contributed by atoms with van der Waals surface area (Å²) in [7, 11) is 0. The second-order valence-corrected chi connectivity index (χ2v) is 5.76. The largest absolute Gasteiger partial charge is 0.445 e. The smallest absolute Gasteiger partial charge is 0.407 e. The number of halogens is 2. The Morgan fingerprint density at radius 3 is 2.41 bits per heavy atom. The van der Waals surface area contributed by atoms with Gasteiger partial charge in [-0.25, -0.2) is 13.6 Å². The Kier molecular flexibility index (Phi) is 7.23. The number of nitrogens with zero attached hydrogens (tertiary/aromatic N) is 1. The molecule has 2 atom stereocenters. The van der Waals surface area contributed by atoms with Crippen LogP contribution in [-0.2, 0) is 11.3 Å². The molecule has 142 valence electrons. The second kappa shape index (κ2) is 9.62. The molecule has 2 aromatic rings. The predicted octanol–water partition coefficient (Wildman–Crippen LogP) is 2.55. The minimum atomic E-state index is -1.58. The van der Waals surface area contributed by atoms with Gasteiger partial charge in [-0.1, -0.05) is 30.3 Å². The molecule has 0 radical (unpaired) electrons. The number of hydrogen-bond acceptors (Lipinski definition) is 5. The van der Waals surface area contributed by atoms with Gasteiger partial charge in [0.1, 0.15) is 36.0 Å². The van der Waals surface area contributed by atoms with E-state index < -0.39 is 35.5 Å². The van der Waals surface area contributed by atoms with Gasteiger partial charge in [0, 0.05) is 6.54 Å². The molecule has 0 spiro atoms. The van der Waals surface area contributed by atoms with Gasteiger partial charge < -0.3 is 20.3 Å². The van der Waals surface area contributed by atoms with Crippen LogP contribution in [0.5, 0.6) is 0 Å². The van der Waals surface area contributed by atoms with Crippen LogP contribution in [0, 0.1) is 23.0 Å². The van der Waals surface area contributed by atoms with Crippen molar-refractivity contribution in [1.82, 2.24) is 5.32 Å². The van der Waals surface area contributed by atoms with Crippen LogP contribution >= 0.6 is 0 Å². The van der Waals surface area contributed by atoms with E-state index in [-0.39, 0.29) is 25.1 Å². The van der Waals surface area contributed by atoms with Crippen LogP contribution in [0.1, 0.15) is 29.2 Å². The standard InChI is InChI=1S/C19H18F2N2O4/c20-15-8-13(9-16(21)14(15)10-22)18(25)17(24)6-7-23-19(26)27-11-12-4-2-1-3-5-12/h1-5,8-9,17-18,24-25H,6-7,11H2,(H,23,26). The molecular formula is C19H18F2N2O4. The Bertz CT molecular complexity index is 801. The van der Waals surface area contributed by atoms with E-state index in [1.54, 1.807) is 12.1 Å². The highest BCUT2D eigenvalue weighted by molar-refractivity contribution is 5.67. The number of nitriles is 1. The molecule has 0 fully saturated rings. The second-order valence-electron chi connectivity index (χ2n) is 5.76. The molecule has 0 aliphatic heterocycles. The van der Waals surface area contributed by atoms with Gasteiger partial charge in [-0.2, -0.15) is 5.26 Å². The first-order valence-corrected chi connectivity index (χ1v) is 8.12. The lowest BCUT2D eigenvalue weighted by Gasteiger charge is -2.18. The summed E-state index contributed by atoms with van der Waals surface area (Å²) in [4.78, 5) is 11.6. The van der Waals surface area contributed by atoms with Crippen LogP contribution in [0.2, 0.25) is 0 Å². The highest BCUT2D eigenvalue weighted by Crippen LogP contribution is 2.23. The molecule has 3 N–H and O–H groups in total. The number of rotatable bonds is 7. The lowest BCUT2D eigenvalue weighted by Crippen LogP contribution is -2.29. The molecule has 2 rings (SSSR count). The van der Waals surface area contributed by atoms with Gasteiger partial charge in [0.25, 0.3) is 0 Å². The van der Waals surface area contributed by atoms with E-state index >= 15 is 0 Å². The van der Waals surface area contributed by atoms with Gasteiger partial charge in [-0.15, -0.1) is 0 Å². The summed E-state index contributed by atoms with van der Waals surface area (Å²) in [5.74, 6) is -2.25. The zero-order chi connectivity index (χ0) is 19.8. The summed E-state index contributed by atoms with van der Waals surface area (Å²) in [5.41, 5.74) is -0.153. The summed E-state index contributed by atoms with van der Waals surface area (Å²) in [6.07, 6.45) is -3.74. The van der Waals surface area contributed by atoms with Crippen molar-refractivity contribution in [3.8, 4) is 6.07 Å². The van der Waals surface area contributed by atoms with Gasteiger partial charge in [0.05, 0.1) is 6.10 Å². The van der Waals surface area contributed by atoms with Crippen LogP contribution < -0.4 is 5.32 Å². The van der Waals surface area contributed by atoms with E-state index in [1.165, 1.54) is 6.07 Å². The fourth-order valence-electron chi connectivity index (χ4n) is 2.35. The number of hydrogen-bond donors (Lipinski definition) is 3. The van der Waals surface area contributed by atoms with E-state index in [2.05, 4.69) is 5.32 Å². The zero-order valence-electron chi connectivity index (χ0n) is 14.2. The molecule has 27 heavy (non-hydrogen) atoms. The Hall–Kier alpha value is -3.02. The van der Waals surface area contributed by atoms with Crippen molar-refractivity contribution in [3.63, 3.8) is 0 Å². The number of aliphatic hydroxyl groups is 2. The first kappa shape index (κ1) is 20.3. The maximum Gasteiger partial charge on any atom is 0.407 e. The Labute approximate surface area is 154 Å². The maximum atomic E-state index is 13.6. The van der Waals surface area contributed by atoms with E-state index in [9.17, 15) is 23.8 Å². The van der Waals surface area contributed by atoms with Gasteiger partial charge in [-0.05, 0) is 29.7 Å². The third kappa shape index (κ3) is 5.74. The van der Waals surface area contributed by atoms with Crippen LogP contribution in [-0.4, -0.2) is 29.0 Å². The fourth-order valence-corrected chi connectivity index (χ4v) is 2.35. The molecule has 2 aromatic carbocycles. The predicted molar refractivity (Wildman–Crippen MR) is 91.3 cm³/mol. The lowest BCUT2D eigenvalue weighted by molar-refractivity contribution is 0.0133. The molecule has 0 aliphatic carbocycles. The Balaban J connectivity index is 1.80. The fraction of sp³-hybridized carbons (Fsp3) is 0.263. The molecule has 0 saturated heterocycles. The van der Waals surface area contributed by atoms with Crippen LogP contribution in [0.3, 0.4) is 0 Å². The average molecular weight is 376 g/mol. The number of benzene rings is 2. The summed E-state index contributed by atoms with van der Waals surface area (Å²) >= 11 is 0. The van der Waals surface area contributed by atoms with E-state index in [1.807, 2.05) is 18.2 Å². The minimum Gasteiger partial charge on any atom is -0.445 e. The van der Waals surface area contributed by atoms with Crippen molar-refractivity contribution >= 4 is 6.09 Å². The van der Waals surface area contributed by atoms with Crippen molar-refractivity contribution in [2.75, 3.05) is 6.54 Å². The van der Waals surface area contributed by atoms with Crippen molar-refractivity contribution < 1.29 is 28.5 Å². The van der Waals surface area contributed by atoms with Crippen molar-refractivity contribution in [2.24, 2.45) is 0 Å². The average Bonchev–Trinajstić information content (AvgIpc) is 2.66. The van der Waals surface area contributed by atoms with Crippen LogP contribution in [0.25, 0.3) is 0 Å². The molecule has 0 saturated carbocycles. The third-order valence-electron chi connectivity index (χ3n) is 3.80. The van der Waals surface area contributed by atoms with Crippen molar-refractivity contribution in [3.05, 3.63) is 70.8 Å². The zero-order valence-corrected chi connectivity index (χ0v) is 14.2. The maximum absolute atomic E-state index is 13.6. The molecule has 2 unspecified atom stereocenters.